The normalized spacial score (nSPS) is 12.9. The maximum atomic E-state index is 5.51. The van der Waals surface area contributed by atoms with Gasteiger partial charge in [0.05, 0.1) is 5.69 Å². The number of benzene rings is 5. The number of allylic oxidation sites excluding steroid dienone is 2. The van der Waals surface area contributed by atoms with Gasteiger partial charge < -0.3 is 0 Å². The summed E-state index contributed by atoms with van der Waals surface area (Å²) in [6, 6.07) is 31.1. The molecule has 0 radical (unpaired) electrons. The summed E-state index contributed by atoms with van der Waals surface area (Å²) in [5.74, 6) is 0. The van der Waals surface area contributed by atoms with Crippen LogP contribution < -0.4 is 10.4 Å². The monoisotopic (exact) mass is 597 g/mol. The molecule has 0 amide bonds. The minimum atomic E-state index is 0.885. The third kappa shape index (κ3) is 6.65. The van der Waals surface area contributed by atoms with Gasteiger partial charge in [0.25, 0.3) is 0 Å². The Bertz CT molecular complexity index is 2110. The summed E-state index contributed by atoms with van der Waals surface area (Å²) in [6.45, 7) is 15.3. The summed E-state index contributed by atoms with van der Waals surface area (Å²) in [5, 5.41) is 2.53. The van der Waals surface area contributed by atoms with Crippen LogP contribution in [-0.4, -0.2) is 5.71 Å². The van der Waals surface area contributed by atoms with E-state index >= 15 is 0 Å². The summed E-state index contributed by atoms with van der Waals surface area (Å²) in [6.07, 6.45) is 14.4. The van der Waals surface area contributed by atoms with Gasteiger partial charge >= 0.3 is 0 Å². The average molecular weight is 598 g/mol. The van der Waals surface area contributed by atoms with E-state index < -0.39 is 0 Å². The lowest BCUT2D eigenvalue weighted by Crippen LogP contribution is -2.30. The molecular weight excluding hydrogens is 555 g/mol. The predicted molar refractivity (Wildman–Crippen MR) is 201 cm³/mol. The average Bonchev–Trinajstić information content (AvgIpc) is 3.26. The fraction of sp³-hybridized carbons (Fsp3) is 0.178. The summed E-state index contributed by atoms with van der Waals surface area (Å²) < 4.78 is 0. The molecule has 1 heteroatoms. The van der Waals surface area contributed by atoms with Crippen molar-refractivity contribution in [2.45, 2.75) is 54.9 Å². The first-order valence-corrected chi connectivity index (χ1v) is 16.3. The van der Waals surface area contributed by atoms with E-state index in [0.29, 0.717) is 0 Å². The fourth-order valence-corrected chi connectivity index (χ4v) is 6.70. The Morgan fingerprint density at radius 1 is 0.587 bits per heavy atom. The standard InChI is InChI=1S/C45H43N/c1-29-13-15-36(16-14-29)17-18-37-19-21-38(22-20-37)35(7)46-45-34(6)43(39-25-30(2)23-31(3)26-39)41-11-9-8-10-12-42(41)44(45)40-27-32(4)24-33(5)28-40/h8-9,11-28H,10H2,1-7H3/b18-17+,46-35?. The van der Waals surface area contributed by atoms with E-state index in [2.05, 4.69) is 170 Å². The molecule has 46 heavy (non-hydrogen) atoms. The number of hydrogen-bond donors (Lipinski definition) is 0. The molecule has 6 rings (SSSR count). The van der Waals surface area contributed by atoms with Crippen molar-refractivity contribution in [3.63, 3.8) is 0 Å². The smallest absolute Gasteiger partial charge is 0.0753 e. The number of aliphatic imine (C=N–C) groups is 1. The van der Waals surface area contributed by atoms with Crippen molar-refractivity contribution in [1.82, 2.24) is 0 Å². The molecule has 0 aromatic heterocycles. The third-order valence-electron chi connectivity index (χ3n) is 8.83. The Morgan fingerprint density at radius 2 is 1.11 bits per heavy atom. The van der Waals surface area contributed by atoms with E-state index in [-0.39, 0.29) is 0 Å². The predicted octanol–water partition coefficient (Wildman–Crippen LogP) is 10.7. The zero-order valence-corrected chi connectivity index (χ0v) is 28.2. The SMILES string of the molecule is CC(=Nc1c(C)c(-c2cc(C)cc(C)c2)c2c(c1-c1cc(C)cc(C)c1)=CCC=CC=2)c1ccc(/C=C/c2ccc(C)cc2)cc1. The molecule has 0 aliphatic heterocycles. The van der Waals surface area contributed by atoms with Gasteiger partial charge in [-0.1, -0.05) is 149 Å². The number of nitrogens with zero attached hydrogens (tertiary/aromatic N) is 1. The highest BCUT2D eigenvalue weighted by Crippen LogP contribution is 2.37. The van der Waals surface area contributed by atoms with Crippen LogP contribution in [-0.2, 0) is 0 Å². The molecule has 0 unspecified atom stereocenters. The maximum Gasteiger partial charge on any atom is 0.0753 e. The van der Waals surface area contributed by atoms with Crippen LogP contribution in [0.3, 0.4) is 0 Å². The first-order valence-electron chi connectivity index (χ1n) is 16.3. The van der Waals surface area contributed by atoms with Gasteiger partial charge in [0, 0.05) is 11.3 Å². The minimum Gasteiger partial charge on any atom is -0.252 e. The van der Waals surface area contributed by atoms with Gasteiger partial charge in [-0.15, -0.1) is 0 Å². The molecule has 1 aliphatic rings. The topological polar surface area (TPSA) is 12.4 Å². The molecule has 0 spiro atoms. The van der Waals surface area contributed by atoms with Crippen LogP contribution in [0.25, 0.3) is 46.6 Å². The zero-order chi connectivity index (χ0) is 32.4. The summed E-state index contributed by atoms with van der Waals surface area (Å²) in [7, 11) is 0. The second-order valence-corrected chi connectivity index (χ2v) is 12.9. The van der Waals surface area contributed by atoms with Crippen molar-refractivity contribution in [2.75, 3.05) is 0 Å². The van der Waals surface area contributed by atoms with Crippen molar-refractivity contribution in [2.24, 2.45) is 4.99 Å². The number of hydrogen-bond acceptors (Lipinski definition) is 1. The van der Waals surface area contributed by atoms with E-state index in [0.717, 1.165) is 23.4 Å². The molecule has 228 valence electrons. The van der Waals surface area contributed by atoms with E-state index in [4.69, 9.17) is 4.99 Å². The van der Waals surface area contributed by atoms with E-state index in [9.17, 15) is 0 Å². The number of rotatable bonds is 6. The van der Waals surface area contributed by atoms with Crippen molar-refractivity contribution in [1.29, 1.82) is 0 Å². The van der Waals surface area contributed by atoms with Crippen molar-refractivity contribution in [3.05, 3.63) is 158 Å². The highest BCUT2D eigenvalue weighted by molar-refractivity contribution is 6.02. The molecule has 0 bridgehead atoms. The van der Waals surface area contributed by atoms with Gasteiger partial charge in [0.1, 0.15) is 0 Å². The number of aryl methyl sites for hydroxylation is 5. The van der Waals surface area contributed by atoms with Crippen molar-refractivity contribution < 1.29 is 0 Å². The van der Waals surface area contributed by atoms with Crippen molar-refractivity contribution >= 4 is 35.7 Å². The first kappa shape index (κ1) is 31.0. The second kappa shape index (κ2) is 13.2. The van der Waals surface area contributed by atoms with Gasteiger partial charge in [0.2, 0.25) is 0 Å². The molecule has 1 nitrogen and oxygen atoms in total. The van der Waals surface area contributed by atoms with Gasteiger partial charge in [-0.05, 0) is 104 Å². The van der Waals surface area contributed by atoms with E-state index in [1.807, 2.05) is 0 Å². The van der Waals surface area contributed by atoms with Crippen LogP contribution in [0.2, 0.25) is 0 Å². The van der Waals surface area contributed by atoms with Crippen LogP contribution in [0, 0.1) is 41.5 Å². The summed E-state index contributed by atoms with van der Waals surface area (Å²) in [5.41, 5.74) is 18.0. The largest absolute Gasteiger partial charge is 0.252 e. The molecule has 0 N–H and O–H groups in total. The maximum absolute atomic E-state index is 5.51. The Balaban J connectivity index is 1.55. The minimum absolute atomic E-state index is 0.885. The van der Waals surface area contributed by atoms with Crippen LogP contribution in [0.5, 0.6) is 0 Å². The number of fused-ring (bicyclic) bond motifs is 1. The third-order valence-corrected chi connectivity index (χ3v) is 8.83. The van der Waals surface area contributed by atoms with E-state index in [1.165, 1.54) is 77.2 Å². The quantitative estimate of drug-likeness (QED) is 0.136. The highest BCUT2D eigenvalue weighted by atomic mass is 14.8. The molecule has 0 atom stereocenters. The van der Waals surface area contributed by atoms with Gasteiger partial charge in [0.15, 0.2) is 0 Å². The van der Waals surface area contributed by atoms with Crippen LogP contribution in [0.15, 0.2) is 102 Å². The van der Waals surface area contributed by atoms with Crippen LogP contribution in [0.4, 0.5) is 5.69 Å². The van der Waals surface area contributed by atoms with Crippen molar-refractivity contribution in [3.8, 4) is 22.3 Å². The molecule has 0 saturated carbocycles. The molecule has 0 saturated heterocycles. The summed E-state index contributed by atoms with van der Waals surface area (Å²) >= 11 is 0. The molecule has 5 aromatic rings. The van der Waals surface area contributed by atoms with Crippen LogP contribution >= 0.6 is 0 Å². The van der Waals surface area contributed by atoms with Crippen LogP contribution in [0.1, 0.15) is 63.4 Å². The Kier molecular flexibility index (Phi) is 8.86. The lowest BCUT2D eigenvalue weighted by Gasteiger charge is -2.19. The van der Waals surface area contributed by atoms with Gasteiger partial charge in [-0.3, -0.25) is 4.99 Å². The lowest BCUT2D eigenvalue weighted by atomic mass is 9.87. The van der Waals surface area contributed by atoms with Gasteiger partial charge in [-0.2, -0.15) is 0 Å². The zero-order valence-electron chi connectivity index (χ0n) is 28.2. The molecule has 0 heterocycles. The highest BCUT2D eigenvalue weighted by Gasteiger charge is 2.19. The molecule has 1 aliphatic carbocycles. The molecule has 0 fully saturated rings. The molecule has 5 aromatic carbocycles. The lowest BCUT2D eigenvalue weighted by molar-refractivity contribution is 1.31. The first-order chi connectivity index (χ1) is 22.2. The van der Waals surface area contributed by atoms with Gasteiger partial charge in [-0.25, -0.2) is 0 Å². The Hall–Kier alpha value is -5.01. The fourth-order valence-electron chi connectivity index (χ4n) is 6.70. The van der Waals surface area contributed by atoms with E-state index in [1.54, 1.807) is 0 Å². The Morgan fingerprint density at radius 3 is 1.67 bits per heavy atom. The second-order valence-electron chi connectivity index (χ2n) is 12.9. The molecular formula is C45H43N. The Labute approximate surface area is 274 Å². The summed E-state index contributed by atoms with van der Waals surface area (Å²) in [4.78, 5) is 5.51.